The van der Waals surface area contributed by atoms with Crippen LogP contribution in [-0.2, 0) is 4.94 Å². The van der Waals surface area contributed by atoms with E-state index in [9.17, 15) is 9.32 Å². The third-order valence-electron chi connectivity index (χ3n) is 1.72. The molecule has 0 aliphatic carbocycles. The van der Waals surface area contributed by atoms with Gasteiger partial charge in [-0.1, -0.05) is 18.7 Å². The van der Waals surface area contributed by atoms with Crippen LogP contribution >= 0.6 is 0 Å². The number of H-pyrrole nitrogens is 1. The molecule has 14 heavy (non-hydrogen) atoms. The van der Waals surface area contributed by atoms with E-state index in [1.54, 1.807) is 18.2 Å². The first-order chi connectivity index (χ1) is 6.72. The zero-order valence-electron chi connectivity index (χ0n) is 7.71. The van der Waals surface area contributed by atoms with Gasteiger partial charge in [0.2, 0.25) is 0 Å². The van der Waals surface area contributed by atoms with Gasteiger partial charge in [0, 0.05) is 10.2 Å². The Morgan fingerprint density at radius 1 is 1.71 bits per heavy atom. The van der Waals surface area contributed by atoms with Gasteiger partial charge in [0.05, 0.1) is 0 Å². The van der Waals surface area contributed by atoms with Crippen LogP contribution < -0.4 is 0 Å². The van der Waals surface area contributed by atoms with Gasteiger partial charge < -0.3 is 4.98 Å². The van der Waals surface area contributed by atoms with Gasteiger partial charge in [0.1, 0.15) is 5.69 Å². The predicted octanol–water partition coefficient (Wildman–Crippen LogP) is 2.73. The van der Waals surface area contributed by atoms with Crippen molar-refractivity contribution in [3.05, 3.63) is 35.7 Å². The van der Waals surface area contributed by atoms with E-state index in [1.165, 1.54) is 6.07 Å². The highest BCUT2D eigenvalue weighted by molar-refractivity contribution is 5.89. The normalized spacial score (nSPS) is 10.4. The quantitative estimate of drug-likeness (QED) is 0.805. The van der Waals surface area contributed by atoms with Crippen molar-refractivity contribution < 1.29 is 14.3 Å². The number of allylic oxidation sites excluding steroid dienone is 1. The number of rotatable bonds is 3. The molecule has 1 heterocycles. The molecule has 0 aromatic carbocycles. The van der Waals surface area contributed by atoms with Crippen molar-refractivity contribution in [3.63, 3.8) is 0 Å². The first-order valence-electron chi connectivity index (χ1n) is 4.04. The molecule has 74 valence electrons. The van der Waals surface area contributed by atoms with Gasteiger partial charge in [0.15, 0.2) is 0 Å². The van der Waals surface area contributed by atoms with Crippen LogP contribution in [0, 0.1) is 0 Å². The molecular weight excluding hydrogens is 185 g/mol. The minimum absolute atomic E-state index is 0.0653. The van der Waals surface area contributed by atoms with Gasteiger partial charge in [-0.05, 0) is 24.6 Å². The number of nitrogens with one attached hydrogen (secondary N) is 1. The van der Waals surface area contributed by atoms with Crippen LogP contribution in [0.25, 0.3) is 12.2 Å². The van der Waals surface area contributed by atoms with Crippen LogP contribution in [0.1, 0.15) is 28.7 Å². The van der Waals surface area contributed by atoms with E-state index in [0.717, 1.165) is 5.56 Å². The van der Waals surface area contributed by atoms with Crippen molar-refractivity contribution in [2.45, 2.75) is 6.92 Å². The van der Waals surface area contributed by atoms with E-state index in [4.69, 9.17) is 0 Å². The number of halogens is 1. The molecule has 1 aromatic rings. The summed E-state index contributed by atoms with van der Waals surface area (Å²) in [4.78, 5) is 16.6. The Balaban J connectivity index is 3.12. The fourth-order valence-electron chi connectivity index (χ4n) is 1.12. The Morgan fingerprint density at radius 2 is 2.43 bits per heavy atom. The Kier molecular flexibility index (Phi) is 3.23. The zero-order valence-corrected chi connectivity index (χ0v) is 7.71. The summed E-state index contributed by atoms with van der Waals surface area (Å²) in [6.07, 6.45) is 5.13. The molecule has 0 saturated heterocycles. The lowest BCUT2D eigenvalue weighted by molar-refractivity contribution is -0.0792. The van der Waals surface area contributed by atoms with Crippen LogP contribution in [0.4, 0.5) is 4.53 Å². The van der Waals surface area contributed by atoms with Gasteiger partial charge in [-0.3, -0.25) is 0 Å². The van der Waals surface area contributed by atoms with Gasteiger partial charge >= 0.3 is 5.97 Å². The molecule has 0 spiro atoms. The molecule has 0 radical (unpaired) electrons. The van der Waals surface area contributed by atoms with Crippen molar-refractivity contribution in [1.82, 2.24) is 4.98 Å². The second-order valence-electron chi connectivity index (χ2n) is 2.62. The fourth-order valence-corrected chi connectivity index (χ4v) is 1.12. The van der Waals surface area contributed by atoms with Crippen molar-refractivity contribution in [3.8, 4) is 0 Å². The van der Waals surface area contributed by atoms with E-state index in [1.807, 2.05) is 6.92 Å². The fraction of sp³-hybridized carbons (Fsp3) is 0.100. The minimum atomic E-state index is -1.04. The van der Waals surface area contributed by atoms with Gasteiger partial charge in [-0.25, -0.2) is 9.74 Å². The number of aromatic nitrogens is 1. The average Bonchev–Trinajstić information content (AvgIpc) is 2.60. The van der Waals surface area contributed by atoms with Crippen LogP contribution in [0.15, 0.2) is 18.7 Å². The Labute approximate surface area is 80.8 Å². The Bertz CT molecular complexity index is 379. The topological polar surface area (TPSA) is 42.1 Å². The second-order valence-corrected chi connectivity index (χ2v) is 2.62. The molecule has 3 nitrogen and oxygen atoms in total. The van der Waals surface area contributed by atoms with Crippen LogP contribution in [0.2, 0.25) is 0 Å². The highest BCUT2D eigenvalue weighted by Gasteiger charge is 2.12. The molecular formula is C10H10FNO2. The number of carbonyl (C=O) groups is 1. The Morgan fingerprint density at radius 3 is 2.93 bits per heavy atom. The van der Waals surface area contributed by atoms with Crippen molar-refractivity contribution in [2.24, 2.45) is 0 Å². The monoisotopic (exact) mass is 195 g/mol. The Hall–Kier alpha value is -1.84. The molecule has 0 atom stereocenters. The molecule has 0 saturated carbocycles. The maximum atomic E-state index is 11.6. The van der Waals surface area contributed by atoms with Crippen LogP contribution in [-0.4, -0.2) is 11.0 Å². The lowest BCUT2D eigenvalue weighted by Crippen LogP contribution is -1.98. The second kappa shape index (κ2) is 4.41. The summed E-state index contributed by atoms with van der Waals surface area (Å²) in [6.45, 7) is 5.40. The summed E-state index contributed by atoms with van der Waals surface area (Å²) in [6, 6.07) is 1.50. The van der Waals surface area contributed by atoms with E-state index in [0.29, 0.717) is 5.69 Å². The first kappa shape index (κ1) is 10.2. The molecule has 0 unspecified atom stereocenters. The number of carbonyl (C=O) groups excluding carboxylic acids is 1. The standard InChI is InChI=1S/C10H10FNO2/c1-3-5-7-6-9(10(13)14-11)12-8(7)4-2/h3-6,12H,2H2,1H3/b5-3-. The maximum absolute atomic E-state index is 11.6. The largest absolute Gasteiger partial charge is 0.395 e. The van der Waals surface area contributed by atoms with Gasteiger partial charge in [-0.2, -0.15) is 0 Å². The number of aromatic amines is 1. The SMILES string of the molecule is C=Cc1[nH]c(C(=O)OF)cc1/C=C\C. The molecule has 0 fully saturated rings. The smallest absolute Gasteiger partial charge is 0.349 e. The summed E-state index contributed by atoms with van der Waals surface area (Å²) in [5.41, 5.74) is 1.49. The molecule has 0 aliphatic rings. The summed E-state index contributed by atoms with van der Waals surface area (Å²) in [5.74, 6) is -1.04. The molecule has 0 bridgehead atoms. The van der Waals surface area contributed by atoms with Crippen LogP contribution in [0.5, 0.6) is 0 Å². The van der Waals surface area contributed by atoms with Crippen molar-refractivity contribution >= 4 is 18.1 Å². The molecule has 1 rings (SSSR count). The highest BCUT2D eigenvalue weighted by Crippen LogP contribution is 2.15. The van der Waals surface area contributed by atoms with E-state index in [-0.39, 0.29) is 5.69 Å². The van der Waals surface area contributed by atoms with E-state index in [2.05, 4.69) is 16.5 Å². The summed E-state index contributed by atoms with van der Waals surface area (Å²) >= 11 is 0. The molecule has 0 aliphatic heterocycles. The molecule has 0 amide bonds. The van der Waals surface area contributed by atoms with Crippen molar-refractivity contribution in [1.29, 1.82) is 0 Å². The number of hydrogen-bond acceptors (Lipinski definition) is 2. The minimum Gasteiger partial charge on any atom is -0.349 e. The van der Waals surface area contributed by atoms with Gasteiger partial charge in [0.25, 0.3) is 0 Å². The zero-order chi connectivity index (χ0) is 10.6. The van der Waals surface area contributed by atoms with Crippen molar-refractivity contribution in [2.75, 3.05) is 0 Å². The summed E-state index contributed by atoms with van der Waals surface area (Å²) in [7, 11) is 0. The first-order valence-corrected chi connectivity index (χ1v) is 4.04. The van der Waals surface area contributed by atoms with E-state index >= 15 is 0 Å². The summed E-state index contributed by atoms with van der Waals surface area (Å²) in [5, 5.41) is 0. The molecule has 1 N–H and O–H groups in total. The average molecular weight is 195 g/mol. The van der Waals surface area contributed by atoms with E-state index < -0.39 is 5.97 Å². The third kappa shape index (κ3) is 1.90. The predicted molar refractivity (Wildman–Crippen MR) is 52.1 cm³/mol. The van der Waals surface area contributed by atoms with Crippen LogP contribution in [0.3, 0.4) is 0 Å². The third-order valence-corrected chi connectivity index (χ3v) is 1.72. The maximum Gasteiger partial charge on any atom is 0.395 e. The molecule has 4 heteroatoms. The lowest BCUT2D eigenvalue weighted by Gasteiger charge is -1.88. The lowest BCUT2D eigenvalue weighted by atomic mass is 10.2. The molecule has 1 aromatic heterocycles. The number of hydrogen-bond donors (Lipinski definition) is 1. The van der Waals surface area contributed by atoms with Gasteiger partial charge in [-0.15, -0.1) is 0 Å². The summed E-state index contributed by atoms with van der Waals surface area (Å²) < 4.78 is 11.6. The highest BCUT2D eigenvalue weighted by atomic mass is 19.3.